The molecule has 1 aliphatic heterocycles. The zero-order valence-corrected chi connectivity index (χ0v) is 12.1. The van der Waals surface area contributed by atoms with E-state index in [1.807, 2.05) is 46.0 Å². The average molecular weight is 279 g/mol. The van der Waals surface area contributed by atoms with Crippen LogP contribution in [-0.4, -0.2) is 33.8 Å². The summed E-state index contributed by atoms with van der Waals surface area (Å²) in [5.41, 5.74) is 4.46. The predicted octanol–water partition coefficient (Wildman–Crippen LogP) is -0.474. The van der Waals surface area contributed by atoms with Gasteiger partial charge in [0.15, 0.2) is 6.79 Å². The Labute approximate surface area is 125 Å². The Balaban J connectivity index is 1.89. The third-order valence-corrected chi connectivity index (χ3v) is 3.43. The summed E-state index contributed by atoms with van der Waals surface area (Å²) in [5.74, 6) is 1.11. The Bertz CT molecular complexity index is 716. The van der Waals surface area contributed by atoms with Gasteiger partial charge in [-0.3, -0.25) is 4.99 Å². The highest BCUT2D eigenvalue weighted by Crippen LogP contribution is 2.27. The van der Waals surface area contributed by atoms with E-state index >= 15 is 0 Å². The standard InChI is InChI=1S/C15H15B2NO3/c16-11-3-9(15(19)13(17)5-11)6-18-12-1-2-14-10(4-12)7-20-8-21-14/h1-6,19H,7-8,16-17H2/b18-6+. The number of aromatic hydroxyl groups is 1. The van der Waals surface area contributed by atoms with E-state index in [9.17, 15) is 5.11 Å². The first-order valence-corrected chi connectivity index (χ1v) is 6.81. The highest BCUT2D eigenvalue weighted by Gasteiger charge is 2.10. The van der Waals surface area contributed by atoms with Crippen molar-refractivity contribution in [2.75, 3.05) is 6.79 Å². The quantitative estimate of drug-likeness (QED) is 0.597. The van der Waals surface area contributed by atoms with Gasteiger partial charge >= 0.3 is 0 Å². The SMILES string of the molecule is Bc1cc(B)c(O)c(/C=N/c2ccc3c(c2)COCO3)c1. The van der Waals surface area contributed by atoms with Crippen molar-refractivity contribution in [1.29, 1.82) is 0 Å². The first kappa shape index (κ1) is 13.8. The van der Waals surface area contributed by atoms with E-state index in [4.69, 9.17) is 9.47 Å². The van der Waals surface area contributed by atoms with Crippen LogP contribution in [0.15, 0.2) is 35.3 Å². The monoisotopic (exact) mass is 279 g/mol. The van der Waals surface area contributed by atoms with Crippen LogP contribution in [0.1, 0.15) is 11.1 Å². The van der Waals surface area contributed by atoms with Crippen LogP contribution in [0.4, 0.5) is 5.69 Å². The van der Waals surface area contributed by atoms with Gasteiger partial charge < -0.3 is 14.6 Å². The molecule has 6 heteroatoms. The van der Waals surface area contributed by atoms with Gasteiger partial charge in [-0.1, -0.05) is 17.6 Å². The fourth-order valence-corrected chi connectivity index (χ4v) is 2.39. The normalized spacial score (nSPS) is 13.9. The molecule has 0 saturated carbocycles. The molecule has 0 unspecified atom stereocenters. The number of ether oxygens (including phenoxy) is 2. The van der Waals surface area contributed by atoms with E-state index in [1.165, 1.54) is 0 Å². The molecule has 0 radical (unpaired) electrons. The van der Waals surface area contributed by atoms with Crippen molar-refractivity contribution >= 4 is 38.5 Å². The second-order valence-electron chi connectivity index (χ2n) is 5.18. The molecule has 21 heavy (non-hydrogen) atoms. The second-order valence-corrected chi connectivity index (χ2v) is 5.18. The number of hydrogen-bond donors (Lipinski definition) is 1. The lowest BCUT2D eigenvalue weighted by atomic mass is 9.85. The summed E-state index contributed by atoms with van der Waals surface area (Å²) in [7, 11) is 3.88. The van der Waals surface area contributed by atoms with E-state index < -0.39 is 0 Å². The van der Waals surface area contributed by atoms with Crippen LogP contribution in [0.2, 0.25) is 0 Å². The van der Waals surface area contributed by atoms with Crippen molar-refractivity contribution in [3.63, 3.8) is 0 Å². The maximum atomic E-state index is 10.1. The minimum absolute atomic E-state index is 0.272. The van der Waals surface area contributed by atoms with E-state index in [0.717, 1.165) is 33.5 Å². The Hall–Kier alpha value is -2.20. The Morgan fingerprint density at radius 3 is 2.90 bits per heavy atom. The van der Waals surface area contributed by atoms with Gasteiger partial charge in [0.25, 0.3) is 0 Å². The van der Waals surface area contributed by atoms with Crippen molar-refractivity contribution < 1.29 is 14.6 Å². The molecular formula is C15H15B2NO3. The van der Waals surface area contributed by atoms with Crippen molar-refractivity contribution in [3.8, 4) is 11.5 Å². The summed E-state index contributed by atoms with van der Waals surface area (Å²) in [6.07, 6.45) is 1.68. The molecule has 0 saturated heterocycles. The molecule has 2 aromatic carbocycles. The molecular weight excluding hydrogens is 264 g/mol. The Kier molecular flexibility index (Phi) is 3.71. The highest BCUT2D eigenvalue weighted by molar-refractivity contribution is 6.39. The number of hydrogen-bond acceptors (Lipinski definition) is 4. The summed E-state index contributed by atoms with van der Waals surface area (Å²) in [4.78, 5) is 4.43. The molecule has 0 aliphatic carbocycles. The Morgan fingerprint density at radius 1 is 1.19 bits per heavy atom. The fraction of sp³-hybridized carbons (Fsp3) is 0.133. The van der Waals surface area contributed by atoms with Gasteiger partial charge in [0, 0.05) is 17.3 Å². The number of nitrogens with zero attached hydrogens (tertiary/aromatic N) is 1. The molecule has 0 aromatic heterocycles. The van der Waals surface area contributed by atoms with Crippen molar-refractivity contribution in [1.82, 2.24) is 0 Å². The fourth-order valence-electron chi connectivity index (χ4n) is 2.39. The number of benzene rings is 2. The van der Waals surface area contributed by atoms with Gasteiger partial charge in [0.1, 0.15) is 27.2 Å². The summed E-state index contributed by atoms with van der Waals surface area (Å²) in [5, 5.41) is 10.1. The topological polar surface area (TPSA) is 51.1 Å². The summed E-state index contributed by atoms with van der Waals surface area (Å²) in [6, 6.07) is 9.58. The second kappa shape index (κ2) is 5.66. The van der Waals surface area contributed by atoms with Crippen molar-refractivity contribution in [2.45, 2.75) is 6.61 Å². The average Bonchev–Trinajstić information content (AvgIpc) is 2.49. The van der Waals surface area contributed by atoms with Gasteiger partial charge in [0.2, 0.25) is 0 Å². The van der Waals surface area contributed by atoms with Crippen LogP contribution in [0.5, 0.6) is 11.5 Å². The molecule has 1 N–H and O–H groups in total. The van der Waals surface area contributed by atoms with Crippen LogP contribution >= 0.6 is 0 Å². The lowest BCUT2D eigenvalue weighted by Crippen LogP contribution is -2.15. The zero-order chi connectivity index (χ0) is 14.8. The summed E-state index contributed by atoms with van der Waals surface area (Å²) in [6.45, 7) is 0.833. The minimum atomic E-state index is 0.272. The molecule has 4 nitrogen and oxygen atoms in total. The van der Waals surface area contributed by atoms with Gasteiger partial charge in [-0.05, 0) is 23.7 Å². The third-order valence-electron chi connectivity index (χ3n) is 3.43. The maximum absolute atomic E-state index is 10.1. The van der Waals surface area contributed by atoms with E-state index in [2.05, 4.69) is 4.99 Å². The maximum Gasteiger partial charge on any atom is 0.189 e. The molecule has 0 bridgehead atoms. The smallest absolute Gasteiger partial charge is 0.189 e. The molecule has 0 spiro atoms. The zero-order valence-electron chi connectivity index (χ0n) is 12.1. The number of phenols is 1. The van der Waals surface area contributed by atoms with Gasteiger partial charge in [-0.2, -0.15) is 0 Å². The van der Waals surface area contributed by atoms with Crippen molar-refractivity contribution in [3.05, 3.63) is 41.5 Å². The van der Waals surface area contributed by atoms with Crippen LogP contribution in [0, 0.1) is 0 Å². The molecule has 0 fully saturated rings. The third kappa shape index (κ3) is 2.95. The van der Waals surface area contributed by atoms with Crippen molar-refractivity contribution in [2.24, 2.45) is 4.99 Å². The summed E-state index contributed by atoms with van der Waals surface area (Å²) < 4.78 is 10.6. The van der Waals surface area contributed by atoms with Crippen LogP contribution in [0.3, 0.4) is 0 Å². The molecule has 1 heterocycles. The van der Waals surface area contributed by atoms with Gasteiger partial charge in [0.05, 0.1) is 12.3 Å². The largest absolute Gasteiger partial charge is 0.508 e. The lowest BCUT2D eigenvalue weighted by Gasteiger charge is -2.17. The molecule has 0 amide bonds. The molecule has 0 atom stereocenters. The highest BCUT2D eigenvalue weighted by atomic mass is 16.7. The van der Waals surface area contributed by atoms with Crippen LogP contribution in [-0.2, 0) is 11.3 Å². The molecule has 2 aromatic rings. The van der Waals surface area contributed by atoms with Crippen LogP contribution in [0.25, 0.3) is 0 Å². The lowest BCUT2D eigenvalue weighted by molar-refractivity contribution is -0.0163. The Morgan fingerprint density at radius 2 is 2.05 bits per heavy atom. The predicted molar refractivity (Wildman–Crippen MR) is 88.4 cm³/mol. The summed E-state index contributed by atoms with van der Waals surface area (Å²) >= 11 is 0. The minimum Gasteiger partial charge on any atom is -0.508 e. The van der Waals surface area contributed by atoms with E-state index in [-0.39, 0.29) is 5.75 Å². The number of phenolic OH excluding ortho intramolecular Hbond substituents is 1. The molecule has 104 valence electrons. The number of fused-ring (bicyclic) bond motifs is 1. The van der Waals surface area contributed by atoms with Gasteiger partial charge in [-0.15, -0.1) is 0 Å². The van der Waals surface area contributed by atoms with Gasteiger partial charge in [-0.25, -0.2) is 0 Å². The molecule has 3 rings (SSSR count). The number of aliphatic imine (C=N–C) groups is 1. The first-order chi connectivity index (χ1) is 10.1. The van der Waals surface area contributed by atoms with E-state index in [1.54, 1.807) is 6.21 Å². The molecule has 1 aliphatic rings. The number of rotatable bonds is 2. The van der Waals surface area contributed by atoms with Crippen LogP contribution < -0.4 is 15.7 Å². The van der Waals surface area contributed by atoms with E-state index in [0.29, 0.717) is 13.4 Å². The first-order valence-electron chi connectivity index (χ1n) is 6.81.